The van der Waals surface area contributed by atoms with E-state index in [0.717, 1.165) is 24.3 Å². The molecule has 0 aliphatic heterocycles. The summed E-state index contributed by atoms with van der Waals surface area (Å²) >= 11 is 5.64. The van der Waals surface area contributed by atoms with Crippen LogP contribution in [0.1, 0.15) is 10.4 Å². The van der Waals surface area contributed by atoms with E-state index in [0.29, 0.717) is 0 Å². The predicted molar refractivity (Wildman–Crippen MR) is 75.6 cm³/mol. The minimum absolute atomic E-state index is 0.338. The zero-order valence-electron chi connectivity index (χ0n) is 10.8. The summed E-state index contributed by atoms with van der Waals surface area (Å²) in [6.45, 7) is 0. The summed E-state index contributed by atoms with van der Waals surface area (Å²) in [5, 5.41) is -0.354. The van der Waals surface area contributed by atoms with Gasteiger partial charge < -0.3 is 0 Å². The Balaban J connectivity index is 2.17. The van der Waals surface area contributed by atoms with Crippen LogP contribution in [0.2, 0.25) is 5.02 Å². The molecule has 1 amide bonds. The number of amides is 1. The lowest BCUT2D eigenvalue weighted by atomic mass is 10.2. The van der Waals surface area contributed by atoms with E-state index in [1.807, 2.05) is 5.43 Å². The molecule has 2 aromatic rings. The second-order valence-electron chi connectivity index (χ2n) is 4.11. The summed E-state index contributed by atoms with van der Waals surface area (Å²) in [6, 6.07) is 7.70. The van der Waals surface area contributed by atoms with Crippen molar-refractivity contribution in [2.75, 3.05) is 0 Å². The summed E-state index contributed by atoms with van der Waals surface area (Å²) in [7, 11) is -4.23. The first kappa shape index (κ1) is 16.3. The first-order valence-corrected chi connectivity index (χ1v) is 7.69. The van der Waals surface area contributed by atoms with E-state index in [9.17, 15) is 22.0 Å². The van der Waals surface area contributed by atoms with E-state index >= 15 is 0 Å². The number of sulfonamides is 1. The van der Waals surface area contributed by atoms with Crippen molar-refractivity contribution in [2.24, 2.45) is 0 Å². The summed E-state index contributed by atoms with van der Waals surface area (Å²) in [5.41, 5.74) is 1.51. The molecule has 9 heteroatoms. The quantitative estimate of drug-likeness (QED) is 0.834. The van der Waals surface area contributed by atoms with Gasteiger partial charge in [-0.05, 0) is 30.3 Å². The third-order valence-corrected chi connectivity index (χ3v) is 4.33. The first-order valence-electron chi connectivity index (χ1n) is 5.83. The molecule has 5 nitrogen and oxygen atoms in total. The maximum atomic E-state index is 13.4. The Labute approximate surface area is 129 Å². The second kappa shape index (κ2) is 6.39. The molecule has 0 aliphatic rings. The van der Waals surface area contributed by atoms with Crippen LogP contribution in [0.15, 0.2) is 47.4 Å². The Hall–Kier alpha value is -2.03. The number of rotatable bonds is 4. The highest BCUT2D eigenvalue weighted by Gasteiger charge is 2.20. The van der Waals surface area contributed by atoms with Gasteiger partial charge in [0.15, 0.2) is 0 Å². The average Bonchev–Trinajstić information content (AvgIpc) is 2.45. The van der Waals surface area contributed by atoms with E-state index in [1.54, 1.807) is 4.83 Å². The molecule has 0 unspecified atom stereocenters. The van der Waals surface area contributed by atoms with Gasteiger partial charge in [0.05, 0.1) is 10.6 Å². The van der Waals surface area contributed by atoms with Gasteiger partial charge >= 0.3 is 0 Å². The number of hydrogen-bond acceptors (Lipinski definition) is 3. The number of nitrogens with one attached hydrogen (secondary N) is 2. The zero-order valence-corrected chi connectivity index (χ0v) is 12.4. The van der Waals surface area contributed by atoms with Crippen LogP contribution in [-0.2, 0) is 10.0 Å². The van der Waals surface area contributed by atoms with Gasteiger partial charge in [0.25, 0.3) is 15.9 Å². The molecule has 22 heavy (non-hydrogen) atoms. The normalized spacial score (nSPS) is 11.2. The van der Waals surface area contributed by atoms with E-state index in [4.69, 9.17) is 11.6 Å². The van der Waals surface area contributed by atoms with Crippen LogP contribution in [0, 0.1) is 11.6 Å². The van der Waals surface area contributed by atoms with Crippen molar-refractivity contribution in [1.29, 1.82) is 0 Å². The third-order valence-electron chi connectivity index (χ3n) is 2.60. The maximum Gasteiger partial charge on any atom is 0.269 e. The SMILES string of the molecule is O=C(NNS(=O)(=O)c1ccc(F)cc1Cl)c1ccccc1F. The van der Waals surface area contributed by atoms with E-state index in [1.165, 1.54) is 18.2 Å². The number of halogens is 3. The molecule has 0 spiro atoms. The Morgan fingerprint density at radius 3 is 2.41 bits per heavy atom. The van der Waals surface area contributed by atoms with Crippen molar-refractivity contribution in [3.8, 4) is 0 Å². The van der Waals surface area contributed by atoms with Crippen LogP contribution in [0.25, 0.3) is 0 Å². The average molecular weight is 347 g/mol. The highest BCUT2D eigenvalue weighted by atomic mass is 35.5. The molecule has 0 heterocycles. The van der Waals surface area contributed by atoms with Gasteiger partial charge in [-0.15, -0.1) is 4.83 Å². The molecule has 0 aromatic heterocycles. The molecule has 0 aliphatic carbocycles. The topological polar surface area (TPSA) is 75.3 Å². The van der Waals surface area contributed by atoms with Crippen molar-refractivity contribution in [3.05, 3.63) is 64.7 Å². The van der Waals surface area contributed by atoms with Crippen molar-refractivity contribution in [1.82, 2.24) is 10.3 Å². The van der Waals surface area contributed by atoms with E-state index in [-0.39, 0.29) is 10.6 Å². The molecule has 116 valence electrons. The predicted octanol–water partition coefficient (Wildman–Crippen LogP) is 2.24. The smallest absolute Gasteiger partial charge is 0.269 e. The molecular formula is C13H9ClF2N2O3S. The minimum Gasteiger partial charge on any atom is -0.273 e. The van der Waals surface area contributed by atoms with Gasteiger partial charge in [-0.1, -0.05) is 23.7 Å². The molecule has 2 rings (SSSR count). The van der Waals surface area contributed by atoms with Gasteiger partial charge in [0.1, 0.15) is 16.5 Å². The van der Waals surface area contributed by atoms with E-state index < -0.39 is 32.5 Å². The molecule has 2 aromatic carbocycles. The fourth-order valence-corrected chi connectivity index (χ4v) is 2.95. The van der Waals surface area contributed by atoms with Crippen LogP contribution >= 0.6 is 11.6 Å². The first-order chi connectivity index (χ1) is 10.3. The Kier molecular flexibility index (Phi) is 4.74. The lowest BCUT2D eigenvalue weighted by Crippen LogP contribution is -2.41. The lowest BCUT2D eigenvalue weighted by Gasteiger charge is -2.10. The summed E-state index contributed by atoms with van der Waals surface area (Å²) in [4.78, 5) is 13.0. The monoisotopic (exact) mass is 346 g/mol. The van der Waals surface area contributed by atoms with Gasteiger partial charge in [0, 0.05) is 0 Å². The molecule has 0 bridgehead atoms. The largest absolute Gasteiger partial charge is 0.273 e. The van der Waals surface area contributed by atoms with Gasteiger partial charge in [-0.2, -0.15) is 0 Å². The number of hydrogen-bond donors (Lipinski definition) is 2. The number of carbonyl (C=O) groups excluding carboxylic acids is 1. The number of carbonyl (C=O) groups is 1. The van der Waals surface area contributed by atoms with Crippen LogP contribution in [0.5, 0.6) is 0 Å². The fourth-order valence-electron chi connectivity index (χ4n) is 1.57. The zero-order chi connectivity index (χ0) is 16.3. The molecular weight excluding hydrogens is 338 g/mol. The molecule has 0 atom stereocenters. The number of benzene rings is 2. The van der Waals surface area contributed by atoms with Gasteiger partial charge in [-0.25, -0.2) is 17.2 Å². The highest BCUT2D eigenvalue weighted by molar-refractivity contribution is 7.89. The maximum absolute atomic E-state index is 13.4. The standard InChI is InChI=1S/C13H9ClF2N2O3S/c14-10-7-8(15)5-6-12(10)22(20,21)18-17-13(19)9-3-1-2-4-11(9)16/h1-7,18H,(H,17,19). The summed E-state index contributed by atoms with van der Waals surface area (Å²) < 4.78 is 50.2. The van der Waals surface area contributed by atoms with Gasteiger partial charge in [-0.3, -0.25) is 10.2 Å². The van der Waals surface area contributed by atoms with Crippen LogP contribution < -0.4 is 10.3 Å². The van der Waals surface area contributed by atoms with Crippen LogP contribution in [0.4, 0.5) is 8.78 Å². The molecule has 0 fully saturated rings. The van der Waals surface area contributed by atoms with Crippen molar-refractivity contribution >= 4 is 27.5 Å². The molecule has 0 saturated heterocycles. The van der Waals surface area contributed by atoms with Crippen LogP contribution in [0.3, 0.4) is 0 Å². The highest BCUT2D eigenvalue weighted by Crippen LogP contribution is 2.21. The Morgan fingerprint density at radius 2 is 1.77 bits per heavy atom. The second-order valence-corrected chi connectivity index (χ2v) is 6.17. The van der Waals surface area contributed by atoms with Gasteiger partial charge in [0.2, 0.25) is 0 Å². The van der Waals surface area contributed by atoms with Crippen molar-refractivity contribution in [2.45, 2.75) is 4.90 Å². The Bertz CT molecular complexity index is 828. The van der Waals surface area contributed by atoms with Crippen molar-refractivity contribution < 1.29 is 22.0 Å². The van der Waals surface area contributed by atoms with E-state index in [2.05, 4.69) is 0 Å². The molecule has 0 saturated carbocycles. The summed E-state index contributed by atoms with van der Waals surface area (Å²) in [5.74, 6) is -2.50. The Morgan fingerprint density at radius 1 is 1.09 bits per heavy atom. The molecule has 0 radical (unpaired) electrons. The minimum atomic E-state index is -4.23. The van der Waals surface area contributed by atoms with Crippen molar-refractivity contribution in [3.63, 3.8) is 0 Å². The lowest BCUT2D eigenvalue weighted by molar-refractivity contribution is 0.0941. The summed E-state index contributed by atoms with van der Waals surface area (Å²) in [6.07, 6.45) is 0. The third kappa shape index (κ3) is 3.59. The fraction of sp³-hybridized carbons (Fsp3) is 0. The molecule has 2 N–H and O–H groups in total. The van der Waals surface area contributed by atoms with Crippen LogP contribution in [-0.4, -0.2) is 14.3 Å². The number of hydrazine groups is 1.